The number of hydrogen-bond acceptors (Lipinski definition) is 8. The largest absolute Gasteiger partial charge is 0.493 e. The molecular formula is C30H40F3N5O4. The first-order valence-electron chi connectivity index (χ1n) is 14.6. The van der Waals surface area contributed by atoms with E-state index in [9.17, 15) is 9.18 Å². The lowest BCUT2D eigenvalue weighted by atomic mass is 9.93. The summed E-state index contributed by atoms with van der Waals surface area (Å²) in [5.74, 6) is -2.90. The van der Waals surface area contributed by atoms with Crippen LogP contribution in [0.25, 0.3) is 0 Å². The number of benzene rings is 1. The Labute approximate surface area is 244 Å². The molecule has 6 rings (SSSR count). The van der Waals surface area contributed by atoms with Gasteiger partial charge >= 0.3 is 6.09 Å². The number of nitrogens with zero attached hydrogens (tertiary/aromatic N) is 4. The third-order valence-corrected chi connectivity index (χ3v) is 8.98. The highest BCUT2D eigenvalue weighted by atomic mass is 19.1. The molecule has 5 heterocycles. The molecule has 2 bridgehead atoms. The summed E-state index contributed by atoms with van der Waals surface area (Å²) < 4.78 is 62.5. The summed E-state index contributed by atoms with van der Waals surface area (Å²) in [7, 11) is 1.33. The van der Waals surface area contributed by atoms with Gasteiger partial charge in [-0.15, -0.1) is 0 Å². The lowest BCUT2D eigenvalue weighted by Crippen LogP contribution is -2.59. The molecule has 5 aliphatic rings. The standard InChI is InChI=1S/C30H40F3N5O4/c1-17-10-30(11-18(31)13-37(30)12-17)16-41-29(5)34-24-21(32)9-22(33)25(40-6)23(24)26(35-29)36-14-19-7-8-20(15-36)38(19)27(39)42-28(2,3)4/h9,18-20,34H,1,7-8,10-16H2,2-6H3/t18-,19?,20?,29?,30+/m0/s1. The molecule has 1 aromatic carbocycles. The topological polar surface area (TPSA) is 78.9 Å². The lowest BCUT2D eigenvalue weighted by Gasteiger charge is -2.45. The second-order valence-electron chi connectivity index (χ2n) is 13.5. The van der Waals surface area contributed by atoms with Gasteiger partial charge in [-0.1, -0.05) is 12.2 Å². The molecule has 0 saturated carbocycles. The molecule has 12 heteroatoms. The predicted octanol–water partition coefficient (Wildman–Crippen LogP) is 4.66. The molecule has 1 aromatic rings. The Morgan fingerprint density at radius 1 is 1.19 bits per heavy atom. The van der Waals surface area contributed by atoms with Crippen LogP contribution >= 0.6 is 0 Å². The third kappa shape index (κ3) is 5.00. The maximum absolute atomic E-state index is 15.5. The number of aliphatic imine (C=N–C) groups is 1. The first kappa shape index (κ1) is 29.1. The van der Waals surface area contributed by atoms with Gasteiger partial charge in [0.2, 0.25) is 5.85 Å². The summed E-state index contributed by atoms with van der Waals surface area (Å²) in [5, 5.41) is 3.05. The Kier molecular flexibility index (Phi) is 6.96. The Hall–Kier alpha value is -2.99. The molecule has 0 aromatic heterocycles. The molecule has 1 N–H and O–H groups in total. The van der Waals surface area contributed by atoms with E-state index in [0.717, 1.165) is 24.5 Å². The van der Waals surface area contributed by atoms with Gasteiger partial charge in [0, 0.05) is 45.6 Å². The molecular weight excluding hydrogens is 551 g/mol. The highest BCUT2D eigenvalue weighted by Crippen LogP contribution is 2.45. The minimum atomic E-state index is -1.44. The monoisotopic (exact) mass is 591 g/mol. The van der Waals surface area contributed by atoms with E-state index in [4.69, 9.17) is 19.2 Å². The molecule has 0 aliphatic carbocycles. The van der Waals surface area contributed by atoms with Gasteiger partial charge in [-0.05, 0) is 40.0 Å². The highest BCUT2D eigenvalue weighted by molar-refractivity contribution is 6.08. The van der Waals surface area contributed by atoms with Crippen LogP contribution in [0, 0.1) is 11.6 Å². The van der Waals surface area contributed by atoms with E-state index in [1.54, 1.807) is 11.8 Å². The number of carbonyl (C=O) groups excluding carboxylic acids is 1. The number of carbonyl (C=O) groups is 1. The van der Waals surface area contributed by atoms with Gasteiger partial charge in [-0.2, -0.15) is 0 Å². The number of hydrogen-bond donors (Lipinski definition) is 1. The fraction of sp³-hybridized carbons (Fsp3) is 0.667. The number of piperazine rings is 1. The zero-order valence-electron chi connectivity index (χ0n) is 24.9. The Balaban J connectivity index is 1.33. The van der Waals surface area contributed by atoms with E-state index in [2.05, 4.69) is 16.8 Å². The van der Waals surface area contributed by atoms with Crippen LogP contribution in [0.15, 0.2) is 23.2 Å². The highest BCUT2D eigenvalue weighted by Gasteiger charge is 2.52. The van der Waals surface area contributed by atoms with E-state index >= 15 is 8.78 Å². The van der Waals surface area contributed by atoms with Crippen LogP contribution in [0.4, 0.5) is 23.7 Å². The van der Waals surface area contributed by atoms with Crippen molar-refractivity contribution >= 4 is 17.6 Å². The molecule has 4 saturated heterocycles. The van der Waals surface area contributed by atoms with Crippen molar-refractivity contribution in [2.45, 2.75) is 88.6 Å². The molecule has 1 amide bonds. The number of likely N-dealkylation sites (tertiary alicyclic amines) is 1. The second kappa shape index (κ2) is 10.0. The van der Waals surface area contributed by atoms with Crippen LogP contribution < -0.4 is 10.1 Å². The van der Waals surface area contributed by atoms with Crippen molar-refractivity contribution in [3.05, 3.63) is 35.4 Å². The number of amides is 1. The Morgan fingerprint density at radius 2 is 1.88 bits per heavy atom. The minimum Gasteiger partial charge on any atom is -0.493 e. The van der Waals surface area contributed by atoms with Gasteiger partial charge < -0.3 is 24.4 Å². The lowest BCUT2D eigenvalue weighted by molar-refractivity contribution is -0.0540. The quantitative estimate of drug-likeness (QED) is 0.511. The van der Waals surface area contributed by atoms with Crippen LogP contribution in [0.1, 0.15) is 58.9 Å². The number of amidine groups is 1. The number of methoxy groups -OCH3 is 1. The maximum Gasteiger partial charge on any atom is 0.410 e. The fourth-order valence-electron chi connectivity index (χ4n) is 7.36. The van der Waals surface area contributed by atoms with Crippen molar-refractivity contribution in [3.63, 3.8) is 0 Å². The molecule has 3 unspecified atom stereocenters. The molecule has 5 atom stereocenters. The van der Waals surface area contributed by atoms with Crippen LogP contribution in [0.3, 0.4) is 0 Å². The summed E-state index contributed by atoms with van der Waals surface area (Å²) in [6, 6.07) is 0.464. The number of halogens is 3. The molecule has 42 heavy (non-hydrogen) atoms. The van der Waals surface area contributed by atoms with Crippen LogP contribution in [-0.4, -0.2) is 102 Å². The van der Waals surface area contributed by atoms with E-state index < -0.39 is 34.8 Å². The average molecular weight is 592 g/mol. The first-order valence-corrected chi connectivity index (χ1v) is 14.6. The summed E-state index contributed by atoms with van der Waals surface area (Å²) in [5.41, 5.74) is 0.0260. The Morgan fingerprint density at radius 3 is 2.52 bits per heavy atom. The van der Waals surface area contributed by atoms with Gasteiger partial charge in [-0.3, -0.25) is 9.80 Å². The van der Waals surface area contributed by atoms with E-state index in [-0.39, 0.29) is 41.8 Å². The summed E-state index contributed by atoms with van der Waals surface area (Å²) >= 11 is 0. The van der Waals surface area contributed by atoms with E-state index in [1.165, 1.54) is 7.11 Å². The van der Waals surface area contributed by atoms with Gasteiger partial charge in [0.25, 0.3) is 0 Å². The average Bonchev–Trinajstić information content (AvgIpc) is 3.45. The van der Waals surface area contributed by atoms with Crippen LogP contribution in [0.2, 0.25) is 0 Å². The Bertz CT molecular complexity index is 1320. The van der Waals surface area contributed by atoms with Gasteiger partial charge in [-0.25, -0.2) is 23.0 Å². The molecule has 4 fully saturated rings. The summed E-state index contributed by atoms with van der Waals surface area (Å²) in [4.78, 5) is 23.8. The number of fused-ring (bicyclic) bond motifs is 4. The van der Waals surface area contributed by atoms with Crippen LogP contribution in [0.5, 0.6) is 5.75 Å². The normalized spacial score (nSPS) is 32.4. The number of nitrogens with one attached hydrogen (secondary N) is 1. The summed E-state index contributed by atoms with van der Waals surface area (Å²) in [6.45, 7) is 13.2. The van der Waals surface area contributed by atoms with Gasteiger partial charge in [0.1, 0.15) is 23.4 Å². The summed E-state index contributed by atoms with van der Waals surface area (Å²) in [6.07, 6.45) is 1.14. The van der Waals surface area contributed by atoms with E-state index in [0.29, 0.717) is 44.9 Å². The zero-order chi connectivity index (χ0) is 30.2. The third-order valence-electron chi connectivity index (χ3n) is 8.98. The number of rotatable bonds is 4. The fourth-order valence-corrected chi connectivity index (χ4v) is 7.36. The SMILES string of the molecule is C=C1CN2C[C@@H](F)C[C@@]2(COC2(C)N=C(N3CC4CCC(C3)N4C(=O)OC(C)(C)C)c3c(c(F)cc(F)c3OC)N2)C1. The van der Waals surface area contributed by atoms with Gasteiger partial charge in [0.05, 0.1) is 42.6 Å². The molecule has 0 spiro atoms. The second-order valence-corrected chi connectivity index (χ2v) is 13.5. The maximum atomic E-state index is 15.5. The minimum absolute atomic E-state index is 0.0163. The number of anilines is 1. The van der Waals surface area contributed by atoms with E-state index in [1.807, 2.05) is 25.7 Å². The van der Waals surface area contributed by atoms with Crippen molar-refractivity contribution in [1.82, 2.24) is 14.7 Å². The van der Waals surface area contributed by atoms with Gasteiger partial charge in [0.15, 0.2) is 11.6 Å². The first-order chi connectivity index (χ1) is 19.7. The van der Waals surface area contributed by atoms with Crippen LogP contribution in [-0.2, 0) is 9.47 Å². The molecule has 9 nitrogen and oxygen atoms in total. The number of alkyl halides is 1. The van der Waals surface area contributed by atoms with Crippen molar-refractivity contribution in [2.24, 2.45) is 4.99 Å². The van der Waals surface area contributed by atoms with Crippen molar-refractivity contribution in [2.75, 3.05) is 45.2 Å². The number of ether oxygens (including phenoxy) is 3. The van der Waals surface area contributed by atoms with Crippen molar-refractivity contribution in [1.29, 1.82) is 0 Å². The molecule has 230 valence electrons. The zero-order valence-corrected chi connectivity index (χ0v) is 24.9. The van der Waals surface area contributed by atoms with Crippen molar-refractivity contribution in [3.8, 4) is 5.75 Å². The molecule has 5 aliphatic heterocycles. The van der Waals surface area contributed by atoms with Crippen molar-refractivity contribution < 1.29 is 32.2 Å². The molecule has 0 radical (unpaired) electrons. The predicted molar refractivity (Wildman–Crippen MR) is 151 cm³/mol. The smallest absolute Gasteiger partial charge is 0.410 e.